The highest BCUT2D eigenvalue weighted by molar-refractivity contribution is 5.69. The first-order valence-electron chi connectivity index (χ1n) is 4.88. The maximum absolute atomic E-state index is 11.4. The molecule has 17 heavy (non-hydrogen) atoms. The molecule has 0 fully saturated rings. The first-order chi connectivity index (χ1) is 8.06. The molecule has 0 unspecified atom stereocenters. The number of rotatable bonds is 3. The van der Waals surface area contributed by atoms with Crippen LogP contribution in [0.1, 0.15) is 5.56 Å². The summed E-state index contributed by atoms with van der Waals surface area (Å²) in [5.74, 6) is -0.937. The van der Waals surface area contributed by atoms with Gasteiger partial charge in [-0.05, 0) is 24.3 Å². The molecule has 0 spiro atoms. The SMILES string of the molecule is O=C(O)Cc1cn(-c2ccc(O)cc2)[nH]c1=O. The number of H-pyrrole nitrogens is 1. The Hall–Kier alpha value is -2.50. The first kappa shape index (κ1) is 11.0. The molecule has 0 atom stereocenters. The molecule has 6 nitrogen and oxygen atoms in total. The Morgan fingerprint density at radius 3 is 2.53 bits per heavy atom. The van der Waals surface area contributed by atoms with Crippen molar-refractivity contribution in [3.05, 3.63) is 46.4 Å². The van der Waals surface area contributed by atoms with Gasteiger partial charge in [0.2, 0.25) is 0 Å². The van der Waals surface area contributed by atoms with Crippen LogP contribution in [0, 0.1) is 0 Å². The number of aromatic amines is 1. The maximum atomic E-state index is 11.4. The molecule has 88 valence electrons. The van der Waals surface area contributed by atoms with Crippen LogP contribution >= 0.6 is 0 Å². The number of nitrogens with zero attached hydrogens (tertiary/aromatic N) is 1. The van der Waals surface area contributed by atoms with E-state index in [0.29, 0.717) is 5.69 Å². The summed E-state index contributed by atoms with van der Waals surface area (Å²) in [6.45, 7) is 0. The van der Waals surface area contributed by atoms with E-state index in [1.807, 2.05) is 0 Å². The lowest BCUT2D eigenvalue weighted by molar-refractivity contribution is -0.136. The summed E-state index contributed by atoms with van der Waals surface area (Å²) in [6, 6.07) is 6.17. The third kappa shape index (κ3) is 2.36. The Labute approximate surface area is 95.7 Å². The second-order valence-electron chi connectivity index (χ2n) is 3.55. The molecule has 0 amide bonds. The van der Waals surface area contributed by atoms with E-state index < -0.39 is 11.5 Å². The molecule has 0 saturated carbocycles. The van der Waals surface area contributed by atoms with Crippen molar-refractivity contribution in [1.29, 1.82) is 0 Å². The van der Waals surface area contributed by atoms with E-state index in [1.165, 1.54) is 23.0 Å². The number of benzene rings is 1. The number of carbonyl (C=O) groups is 1. The number of carboxylic acids is 1. The average molecular weight is 234 g/mol. The highest BCUT2D eigenvalue weighted by atomic mass is 16.4. The number of hydrogen-bond acceptors (Lipinski definition) is 3. The first-order valence-corrected chi connectivity index (χ1v) is 4.88. The molecule has 1 aromatic heterocycles. The normalized spacial score (nSPS) is 10.4. The fourth-order valence-corrected chi connectivity index (χ4v) is 1.47. The highest BCUT2D eigenvalue weighted by Crippen LogP contribution is 2.12. The van der Waals surface area contributed by atoms with Gasteiger partial charge in [0, 0.05) is 11.8 Å². The predicted octanol–water partition coefficient (Wildman–Crippen LogP) is 0.498. The second kappa shape index (κ2) is 4.17. The molecule has 2 aromatic rings. The molecule has 0 radical (unpaired) electrons. The highest BCUT2D eigenvalue weighted by Gasteiger charge is 2.09. The number of phenolic OH excluding ortho intramolecular Hbond substituents is 1. The average Bonchev–Trinajstić information content (AvgIpc) is 2.60. The molecule has 2 rings (SSSR count). The van der Waals surface area contributed by atoms with Gasteiger partial charge in [0.15, 0.2) is 0 Å². The number of nitrogens with one attached hydrogen (secondary N) is 1. The van der Waals surface area contributed by atoms with Crippen LogP contribution in [0.4, 0.5) is 0 Å². The van der Waals surface area contributed by atoms with Crippen molar-refractivity contribution in [3.8, 4) is 11.4 Å². The van der Waals surface area contributed by atoms with Crippen LogP contribution in [-0.4, -0.2) is 26.0 Å². The van der Waals surface area contributed by atoms with Crippen LogP contribution in [0.15, 0.2) is 35.3 Å². The number of phenols is 1. The summed E-state index contributed by atoms with van der Waals surface area (Å²) >= 11 is 0. The second-order valence-corrected chi connectivity index (χ2v) is 3.55. The molecule has 6 heteroatoms. The van der Waals surface area contributed by atoms with Crippen molar-refractivity contribution in [3.63, 3.8) is 0 Å². The van der Waals surface area contributed by atoms with E-state index in [-0.39, 0.29) is 17.7 Å². The topological polar surface area (TPSA) is 95.3 Å². The summed E-state index contributed by atoms with van der Waals surface area (Å²) in [4.78, 5) is 21.9. The van der Waals surface area contributed by atoms with Gasteiger partial charge in [-0.3, -0.25) is 19.4 Å². The van der Waals surface area contributed by atoms with Gasteiger partial charge in [0.25, 0.3) is 5.56 Å². The van der Waals surface area contributed by atoms with Crippen molar-refractivity contribution >= 4 is 5.97 Å². The van der Waals surface area contributed by atoms with Crippen molar-refractivity contribution in [2.45, 2.75) is 6.42 Å². The van der Waals surface area contributed by atoms with Crippen molar-refractivity contribution < 1.29 is 15.0 Å². The van der Waals surface area contributed by atoms with Gasteiger partial charge in [-0.1, -0.05) is 0 Å². The third-order valence-electron chi connectivity index (χ3n) is 2.27. The number of hydrogen-bond donors (Lipinski definition) is 3. The Bertz CT molecular complexity index is 595. The van der Waals surface area contributed by atoms with Gasteiger partial charge >= 0.3 is 5.97 Å². The Morgan fingerprint density at radius 1 is 1.29 bits per heavy atom. The predicted molar refractivity (Wildman–Crippen MR) is 59.4 cm³/mol. The molecule has 0 aliphatic rings. The van der Waals surface area contributed by atoms with Gasteiger partial charge < -0.3 is 10.2 Å². The molecule has 0 saturated heterocycles. The molecule has 0 bridgehead atoms. The summed E-state index contributed by atoms with van der Waals surface area (Å²) in [5.41, 5.74) is 0.391. The lowest BCUT2D eigenvalue weighted by Crippen LogP contribution is -2.11. The fourth-order valence-electron chi connectivity index (χ4n) is 1.47. The van der Waals surface area contributed by atoms with Crippen LogP contribution in [0.5, 0.6) is 5.75 Å². The minimum atomic E-state index is -1.06. The van der Waals surface area contributed by atoms with Crippen LogP contribution in [0.2, 0.25) is 0 Å². The number of aliphatic carboxylic acids is 1. The van der Waals surface area contributed by atoms with Gasteiger partial charge in [-0.15, -0.1) is 0 Å². The third-order valence-corrected chi connectivity index (χ3v) is 2.27. The monoisotopic (exact) mass is 234 g/mol. The van der Waals surface area contributed by atoms with Crippen molar-refractivity contribution in [2.24, 2.45) is 0 Å². The van der Waals surface area contributed by atoms with Crippen molar-refractivity contribution in [1.82, 2.24) is 9.78 Å². The summed E-state index contributed by atoms with van der Waals surface area (Å²) in [7, 11) is 0. The van der Waals surface area contributed by atoms with E-state index in [1.54, 1.807) is 12.1 Å². The lowest BCUT2D eigenvalue weighted by atomic mass is 10.2. The van der Waals surface area contributed by atoms with Gasteiger partial charge in [-0.25, -0.2) is 0 Å². The number of aromatic hydroxyl groups is 1. The van der Waals surface area contributed by atoms with Crippen LogP contribution in [0.25, 0.3) is 5.69 Å². The summed E-state index contributed by atoms with van der Waals surface area (Å²) in [5, 5.41) is 20.2. The zero-order valence-corrected chi connectivity index (χ0v) is 8.75. The fraction of sp³-hybridized carbons (Fsp3) is 0.0909. The van der Waals surface area contributed by atoms with Crippen LogP contribution < -0.4 is 5.56 Å². The van der Waals surface area contributed by atoms with E-state index in [0.717, 1.165) is 0 Å². The zero-order chi connectivity index (χ0) is 12.4. The van der Waals surface area contributed by atoms with Crippen LogP contribution in [0.3, 0.4) is 0 Å². The van der Waals surface area contributed by atoms with Gasteiger partial charge in [-0.2, -0.15) is 0 Å². The lowest BCUT2D eigenvalue weighted by Gasteiger charge is -2.01. The molecule has 1 aromatic carbocycles. The minimum Gasteiger partial charge on any atom is -0.508 e. The molecule has 0 aliphatic carbocycles. The van der Waals surface area contributed by atoms with E-state index in [2.05, 4.69) is 5.10 Å². The minimum absolute atomic E-state index is 0.119. The Morgan fingerprint density at radius 2 is 1.94 bits per heavy atom. The molecule has 3 N–H and O–H groups in total. The summed E-state index contributed by atoms with van der Waals surface area (Å²) in [6.07, 6.45) is 1.11. The van der Waals surface area contributed by atoms with Crippen molar-refractivity contribution in [2.75, 3.05) is 0 Å². The van der Waals surface area contributed by atoms with Gasteiger partial charge in [0.05, 0.1) is 12.1 Å². The van der Waals surface area contributed by atoms with E-state index in [9.17, 15) is 9.59 Å². The molecule has 1 heterocycles. The van der Waals surface area contributed by atoms with E-state index >= 15 is 0 Å². The smallest absolute Gasteiger partial charge is 0.308 e. The largest absolute Gasteiger partial charge is 0.508 e. The Kier molecular flexibility index (Phi) is 2.70. The Balaban J connectivity index is 2.37. The molecular weight excluding hydrogens is 224 g/mol. The van der Waals surface area contributed by atoms with Crippen LogP contribution in [-0.2, 0) is 11.2 Å². The zero-order valence-electron chi connectivity index (χ0n) is 8.75. The van der Waals surface area contributed by atoms with E-state index in [4.69, 9.17) is 10.2 Å². The molecule has 0 aliphatic heterocycles. The quantitative estimate of drug-likeness (QED) is 0.720. The number of carboxylic acid groups (broad SMARTS) is 1. The van der Waals surface area contributed by atoms with Gasteiger partial charge in [0.1, 0.15) is 5.75 Å². The molecular formula is C11H10N2O4. The summed E-state index contributed by atoms with van der Waals surface area (Å²) < 4.78 is 1.42. The maximum Gasteiger partial charge on any atom is 0.308 e. The standard InChI is InChI=1S/C11H10N2O4/c14-9-3-1-8(2-4-9)13-6-7(5-10(15)16)11(17)12-13/h1-4,6,14H,5H2,(H,12,17)(H,15,16). The number of aromatic nitrogens is 2.